The average Bonchev–Trinajstić information content (AvgIpc) is 1.98. The summed E-state index contributed by atoms with van der Waals surface area (Å²) in [6.07, 6.45) is 4.25. The molecule has 3 nitrogen and oxygen atoms in total. The highest BCUT2D eigenvalue weighted by atomic mass is 16.3. The van der Waals surface area contributed by atoms with Crippen molar-refractivity contribution in [2.75, 3.05) is 6.54 Å². The minimum absolute atomic E-state index is 0.568. The molecule has 4 N–H and O–H groups in total. The summed E-state index contributed by atoms with van der Waals surface area (Å²) >= 11 is 0. The van der Waals surface area contributed by atoms with Crippen LogP contribution in [0.4, 0.5) is 0 Å². The standard InChI is InChI=1S/C8H13NO2/c9-4-3-6-1-2-7(10)8(11)5-6/h1-2,5,7-8,10-11H,3-4,9H2. The maximum Gasteiger partial charge on any atom is 0.102 e. The van der Waals surface area contributed by atoms with E-state index >= 15 is 0 Å². The van der Waals surface area contributed by atoms with E-state index in [1.165, 1.54) is 0 Å². The van der Waals surface area contributed by atoms with Gasteiger partial charge >= 0.3 is 0 Å². The quantitative estimate of drug-likeness (QED) is 0.506. The van der Waals surface area contributed by atoms with E-state index in [1.807, 2.05) is 0 Å². The Kier molecular flexibility index (Phi) is 2.82. The summed E-state index contributed by atoms with van der Waals surface area (Å²) in [5.41, 5.74) is 6.31. The lowest BCUT2D eigenvalue weighted by atomic mass is 10.0. The van der Waals surface area contributed by atoms with E-state index in [2.05, 4.69) is 0 Å². The van der Waals surface area contributed by atoms with Crippen LogP contribution in [0.15, 0.2) is 23.8 Å². The molecule has 62 valence electrons. The van der Waals surface area contributed by atoms with E-state index in [4.69, 9.17) is 15.9 Å². The molecule has 0 bridgehead atoms. The predicted molar refractivity (Wildman–Crippen MR) is 42.9 cm³/mol. The van der Waals surface area contributed by atoms with Crippen molar-refractivity contribution in [3.63, 3.8) is 0 Å². The van der Waals surface area contributed by atoms with Gasteiger partial charge in [-0.3, -0.25) is 0 Å². The second-order valence-electron chi connectivity index (χ2n) is 2.62. The number of hydrogen-bond donors (Lipinski definition) is 3. The third-order valence-corrected chi connectivity index (χ3v) is 1.68. The number of aliphatic hydroxyl groups is 2. The van der Waals surface area contributed by atoms with E-state index in [0.717, 1.165) is 12.0 Å². The fraction of sp³-hybridized carbons (Fsp3) is 0.500. The molecule has 0 spiro atoms. The van der Waals surface area contributed by atoms with Crippen LogP contribution in [0.3, 0.4) is 0 Å². The van der Waals surface area contributed by atoms with Gasteiger partial charge in [0.05, 0.1) is 0 Å². The molecular formula is C8H13NO2. The lowest BCUT2D eigenvalue weighted by molar-refractivity contribution is 0.0785. The maximum atomic E-state index is 9.16. The molecule has 0 aromatic carbocycles. The summed E-state index contributed by atoms with van der Waals surface area (Å²) in [4.78, 5) is 0. The minimum atomic E-state index is -0.762. The number of allylic oxidation sites excluding steroid dienone is 1. The van der Waals surface area contributed by atoms with Crippen LogP contribution in [0.25, 0.3) is 0 Å². The monoisotopic (exact) mass is 155 g/mol. The first-order valence-electron chi connectivity index (χ1n) is 3.69. The minimum Gasteiger partial charge on any atom is -0.386 e. The van der Waals surface area contributed by atoms with Crippen LogP contribution in [-0.2, 0) is 0 Å². The smallest absolute Gasteiger partial charge is 0.102 e. The second kappa shape index (κ2) is 3.67. The molecule has 0 aliphatic heterocycles. The molecule has 0 saturated carbocycles. The maximum absolute atomic E-state index is 9.16. The van der Waals surface area contributed by atoms with Gasteiger partial charge in [0.2, 0.25) is 0 Å². The van der Waals surface area contributed by atoms with Gasteiger partial charge in [-0.25, -0.2) is 0 Å². The fourth-order valence-electron chi connectivity index (χ4n) is 1.04. The average molecular weight is 155 g/mol. The first-order valence-corrected chi connectivity index (χ1v) is 3.69. The van der Waals surface area contributed by atoms with Gasteiger partial charge in [0.25, 0.3) is 0 Å². The van der Waals surface area contributed by atoms with Crippen molar-refractivity contribution in [2.24, 2.45) is 5.73 Å². The SMILES string of the molecule is NCCC1=CC(O)C(O)C=C1. The Bertz CT molecular complexity index is 187. The van der Waals surface area contributed by atoms with E-state index in [0.29, 0.717) is 6.54 Å². The Hall–Kier alpha value is -0.640. The normalized spacial score (nSPS) is 30.3. The molecule has 0 radical (unpaired) electrons. The fourth-order valence-corrected chi connectivity index (χ4v) is 1.04. The number of nitrogens with two attached hydrogens (primary N) is 1. The van der Waals surface area contributed by atoms with Gasteiger partial charge in [0.1, 0.15) is 12.2 Å². The van der Waals surface area contributed by atoms with E-state index in [9.17, 15) is 0 Å². The Balaban J connectivity index is 2.57. The van der Waals surface area contributed by atoms with Gasteiger partial charge in [-0.15, -0.1) is 0 Å². The molecule has 2 atom stereocenters. The zero-order valence-electron chi connectivity index (χ0n) is 6.27. The molecule has 0 aromatic rings. The second-order valence-corrected chi connectivity index (χ2v) is 2.62. The highest BCUT2D eigenvalue weighted by Gasteiger charge is 2.14. The van der Waals surface area contributed by atoms with Gasteiger partial charge in [0, 0.05) is 0 Å². The molecule has 1 aliphatic carbocycles. The summed E-state index contributed by atoms with van der Waals surface area (Å²) in [6, 6.07) is 0. The number of hydrogen-bond acceptors (Lipinski definition) is 3. The number of aliphatic hydroxyl groups excluding tert-OH is 2. The van der Waals surface area contributed by atoms with Crippen LogP contribution in [0.1, 0.15) is 6.42 Å². The lowest BCUT2D eigenvalue weighted by Crippen LogP contribution is -2.24. The largest absolute Gasteiger partial charge is 0.386 e. The Morgan fingerprint density at radius 1 is 1.36 bits per heavy atom. The Labute approximate surface area is 65.8 Å². The van der Waals surface area contributed by atoms with Crippen molar-refractivity contribution in [1.82, 2.24) is 0 Å². The van der Waals surface area contributed by atoms with Crippen LogP contribution >= 0.6 is 0 Å². The summed E-state index contributed by atoms with van der Waals surface area (Å²) in [5.74, 6) is 0. The Morgan fingerprint density at radius 2 is 2.09 bits per heavy atom. The molecule has 0 amide bonds. The molecule has 0 aromatic heterocycles. The predicted octanol–water partition coefficient (Wildman–Crippen LogP) is -0.447. The summed E-state index contributed by atoms with van der Waals surface area (Å²) < 4.78 is 0. The summed E-state index contributed by atoms with van der Waals surface area (Å²) in [7, 11) is 0. The van der Waals surface area contributed by atoms with Crippen molar-refractivity contribution in [1.29, 1.82) is 0 Å². The number of rotatable bonds is 2. The van der Waals surface area contributed by atoms with Crippen LogP contribution < -0.4 is 5.73 Å². The Morgan fingerprint density at radius 3 is 2.64 bits per heavy atom. The van der Waals surface area contributed by atoms with Gasteiger partial charge < -0.3 is 15.9 Å². The molecule has 1 rings (SSSR count). The van der Waals surface area contributed by atoms with Gasteiger partial charge in [-0.05, 0) is 18.5 Å². The van der Waals surface area contributed by atoms with Crippen molar-refractivity contribution in [2.45, 2.75) is 18.6 Å². The van der Waals surface area contributed by atoms with Crippen LogP contribution in [0, 0.1) is 0 Å². The third kappa shape index (κ3) is 2.15. The van der Waals surface area contributed by atoms with Gasteiger partial charge in [-0.1, -0.05) is 18.2 Å². The first-order chi connectivity index (χ1) is 5.24. The topological polar surface area (TPSA) is 66.5 Å². The molecule has 0 fully saturated rings. The molecule has 1 aliphatic rings. The molecule has 0 heterocycles. The van der Waals surface area contributed by atoms with Crippen molar-refractivity contribution in [3.05, 3.63) is 23.8 Å². The van der Waals surface area contributed by atoms with E-state index in [-0.39, 0.29) is 0 Å². The molecular weight excluding hydrogens is 142 g/mol. The van der Waals surface area contributed by atoms with E-state index in [1.54, 1.807) is 18.2 Å². The van der Waals surface area contributed by atoms with Gasteiger partial charge in [-0.2, -0.15) is 0 Å². The molecule has 2 unspecified atom stereocenters. The third-order valence-electron chi connectivity index (χ3n) is 1.68. The van der Waals surface area contributed by atoms with Gasteiger partial charge in [0.15, 0.2) is 0 Å². The van der Waals surface area contributed by atoms with Crippen molar-refractivity contribution >= 4 is 0 Å². The van der Waals surface area contributed by atoms with Crippen molar-refractivity contribution in [3.8, 4) is 0 Å². The summed E-state index contributed by atoms with van der Waals surface area (Å²) in [5, 5.41) is 18.2. The zero-order valence-corrected chi connectivity index (χ0v) is 6.27. The first kappa shape index (κ1) is 8.46. The molecule has 3 heteroatoms. The van der Waals surface area contributed by atoms with Crippen LogP contribution in [0.5, 0.6) is 0 Å². The highest BCUT2D eigenvalue weighted by Crippen LogP contribution is 2.13. The molecule has 11 heavy (non-hydrogen) atoms. The van der Waals surface area contributed by atoms with E-state index < -0.39 is 12.2 Å². The highest BCUT2D eigenvalue weighted by molar-refractivity contribution is 5.27. The van der Waals surface area contributed by atoms with Crippen LogP contribution in [0.2, 0.25) is 0 Å². The van der Waals surface area contributed by atoms with Crippen molar-refractivity contribution < 1.29 is 10.2 Å². The zero-order chi connectivity index (χ0) is 8.27. The molecule has 0 saturated heterocycles. The van der Waals surface area contributed by atoms with Crippen LogP contribution in [-0.4, -0.2) is 29.0 Å². The summed E-state index contributed by atoms with van der Waals surface area (Å²) in [6.45, 7) is 0.568. The lowest BCUT2D eigenvalue weighted by Gasteiger charge is -2.16.